The molecule has 0 radical (unpaired) electrons. The normalized spacial score (nSPS) is 16.8. The Morgan fingerprint density at radius 2 is 2.26 bits per heavy atom. The molecule has 0 bridgehead atoms. The molecule has 0 fully saturated rings. The van der Waals surface area contributed by atoms with E-state index in [9.17, 15) is 0 Å². The van der Waals surface area contributed by atoms with Gasteiger partial charge in [0.2, 0.25) is 0 Å². The van der Waals surface area contributed by atoms with Crippen molar-refractivity contribution in [3.63, 3.8) is 0 Å². The SMILES string of the molecule is CCC(C)CC(Cc1cc(Br)cc2c1OCC2)NN. The van der Waals surface area contributed by atoms with Crippen LogP contribution in [-0.2, 0) is 12.8 Å². The molecule has 2 rings (SSSR count). The van der Waals surface area contributed by atoms with Crippen molar-refractivity contribution in [2.24, 2.45) is 11.8 Å². The minimum atomic E-state index is 0.303. The number of nitrogens with two attached hydrogens (primary N) is 1. The molecular formula is C15H23BrN2O. The largest absolute Gasteiger partial charge is 0.493 e. The van der Waals surface area contributed by atoms with Gasteiger partial charge in [0, 0.05) is 16.9 Å². The van der Waals surface area contributed by atoms with E-state index in [4.69, 9.17) is 10.6 Å². The highest BCUT2D eigenvalue weighted by atomic mass is 79.9. The Bertz CT molecular complexity index is 436. The van der Waals surface area contributed by atoms with Crippen molar-refractivity contribution in [3.05, 3.63) is 27.7 Å². The maximum atomic E-state index is 5.77. The molecule has 1 aromatic rings. The number of hydrogen-bond acceptors (Lipinski definition) is 3. The molecule has 4 heteroatoms. The highest BCUT2D eigenvalue weighted by Gasteiger charge is 2.20. The fourth-order valence-electron chi connectivity index (χ4n) is 2.63. The second kappa shape index (κ2) is 6.73. The fraction of sp³-hybridized carbons (Fsp3) is 0.600. The highest BCUT2D eigenvalue weighted by molar-refractivity contribution is 9.10. The van der Waals surface area contributed by atoms with Crippen LogP contribution in [0.1, 0.15) is 37.8 Å². The molecule has 3 N–H and O–H groups in total. The summed E-state index contributed by atoms with van der Waals surface area (Å²) < 4.78 is 6.90. The van der Waals surface area contributed by atoms with E-state index < -0.39 is 0 Å². The molecular weight excluding hydrogens is 304 g/mol. The van der Waals surface area contributed by atoms with Crippen molar-refractivity contribution in [2.45, 2.75) is 45.6 Å². The Morgan fingerprint density at radius 1 is 1.47 bits per heavy atom. The van der Waals surface area contributed by atoms with Gasteiger partial charge >= 0.3 is 0 Å². The average Bonchev–Trinajstić information content (AvgIpc) is 2.85. The van der Waals surface area contributed by atoms with Gasteiger partial charge in [-0.3, -0.25) is 11.3 Å². The molecule has 0 spiro atoms. The predicted molar refractivity (Wildman–Crippen MR) is 82.2 cm³/mol. The van der Waals surface area contributed by atoms with Gasteiger partial charge in [-0.15, -0.1) is 0 Å². The molecule has 0 saturated carbocycles. The molecule has 0 aliphatic carbocycles. The lowest BCUT2D eigenvalue weighted by Crippen LogP contribution is -2.38. The van der Waals surface area contributed by atoms with Crippen LogP contribution in [0.25, 0.3) is 0 Å². The first kappa shape index (κ1) is 14.8. The van der Waals surface area contributed by atoms with Crippen LogP contribution in [0.15, 0.2) is 16.6 Å². The summed E-state index contributed by atoms with van der Waals surface area (Å²) in [7, 11) is 0. The molecule has 1 aliphatic rings. The lowest BCUT2D eigenvalue weighted by molar-refractivity contribution is 0.347. The minimum absolute atomic E-state index is 0.303. The van der Waals surface area contributed by atoms with Crippen LogP contribution in [0, 0.1) is 5.92 Å². The van der Waals surface area contributed by atoms with Crippen molar-refractivity contribution in [1.29, 1.82) is 0 Å². The van der Waals surface area contributed by atoms with Crippen LogP contribution in [0.3, 0.4) is 0 Å². The van der Waals surface area contributed by atoms with E-state index in [1.165, 1.54) is 17.5 Å². The Kier molecular flexibility index (Phi) is 5.25. The number of rotatable bonds is 6. The van der Waals surface area contributed by atoms with Crippen LogP contribution in [0.4, 0.5) is 0 Å². The quantitative estimate of drug-likeness (QED) is 0.623. The topological polar surface area (TPSA) is 47.3 Å². The molecule has 1 aliphatic heterocycles. The number of fused-ring (bicyclic) bond motifs is 1. The molecule has 0 saturated heterocycles. The number of hydrogen-bond donors (Lipinski definition) is 2. The van der Waals surface area contributed by atoms with Crippen molar-refractivity contribution in [1.82, 2.24) is 5.43 Å². The average molecular weight is 327 g/mol. The zero-order valence-electron chi connectivity index (χ0n) is 11.7. The van der Waals surface area contributed by atoms with Crippen molar-refractivity contribution in [3.8, 4) is 5.75 Å². The zero-order valence-corrected chi connectivity index (χ0v) is 13.3. The Balaban J connectivity index is 2.13. The van der Waals surface area contributed by atoms with Crippen LogP contribution in [0.2, 0.25) is 0 Å². The van der Waals surface area contributed by atoms with Crippen LogP contribution in [0.5, 0.6) is 5.75 Å². The Morgan fingerprint density at radius 3 is 2.95 bits per heavy atom. The van der Waals surface area contributed by atoms with Gasteiger partial charge in [0.25, 0.3) is 0 Å². The van der Waals surface area contributed by atoms with Gasteiger partial charge in [0.1, 0.15) is 5.75 Å². The summed E-state index contributed by atoms with van der Waals surface area (Å²) in [4.78, 5) is 0. The van der Waals surface area contributed by atoms with E-state index >= 15 is 0 Å². The predicted octanol–water partition coefficient (Wildman–Crippen LogP) is 3.19. The molecule has 19 heavy (non-hydrogen) atoms. The smallest absolute Gasteiger partial charge is 0.125 e. The minimum Gasteiger partial charge on any atom is -0.493 e. The van der Waals surface area contributed by atoms with Crippen LogP contribution in [-0.4, -0.2) is 12.6 Å². The molecule has 3 nitrogen and oxygen atoms in total. The van der Waals surface area contributed by atoms with E-state index in [1.54, 1.807) is 0 Å². The molecule has 2 unspecified atom stereocenters. The lowest BCUT2D eigenvalue weighted by Gasteiger charge is -2.20. The van der Waals surface area contributed by atoms with Gasteiger partial charge in [-0.05, 0) is 42.0 Å². The molecule has 1 aromatic carbocycles. The number of nitrogens with one attached hydrogen (secondary N) is 1. The van der Waals surface area contributed by atoms with Crippen LogP contribution < -0.4 is 16.0 Å². The first-order valence-corrected chi connectivity index (χ1v) is 7.83. The fourth-order valence-corrected chi connectivity index (χ4v) is 3.18. The monoisotopic (exact) mass is 326 g/mol. The van der Waals surface area contributed by atoms with E-state index in [0.717, 1.165) is 36.1 Å². The highest BCUT2D eigenvalue weighted by Crippen LogP contribution is 2.34. The summed E-state index contributed by atoms with van der Waals surface area (Å²) in [6.07, 6.45) is 4.20. The number of benzene rings is 1. The molecule has 1 heterocycles. The van der Waals surface area contributed by atoms with Crippen LogP contribution >= 0.6 is 15.9 Å². The molecule has 0 aromatic heterocycles. The van der Waals surface area contributed by atoms with Gasteiger partial charge in [-0.2, -0.15) is 0 Å². The Labute approximate surface area is 124 Å². The van der Waals surface area contributed by atoms with Gasteiger partial charge in [-0.1, -0.05) is 36.2 Å². The third kappa shape index (κ3) is 3.71. The summed E-state index contributed by atoms with van der Waals surface area (Å²) in [6.45, 7) is 5.29. The number of ether oxygens (including phenoxy) is 1. The van der Waals surface area contributed by atoms with E-state index in [0.29, 0.717) is 12.0 Å². The second-order valence-electron chi connectivity index (χ2n) is 5.47. The number of halogens is 1. The molecule has 0 amide bonds. The summed E-state index contributed by atoms with van der Waals surface area (Å²) in [5, 5.41) is 0. The van der Waals surface area contributed by atoms with Gasteiger partial charge in [-0.25, -0.2) is 0 Å². The molecule has 2 atom stereocenters. The summed E-state index contributed by atoms with van der Waals surface area (Å²) >= 11 is 3.58. The first-order chi connectivity index (χ1) is 9.13. The Hall–Kier alpha value is -0.580. The first-order valence-electron chi connectivity index (χ1n) is 7.04. The third-order valence-electron chi connectivity index (χ3n) is 3.91. The summed E-state index contributed by atoms with van der Waals surface area (Å²) in [5.74, 6) is 7.46. The third-order valence-corrected chi connectivity index (χ3v) is 4.37. The maximum Gasteiger partial charge on any atom is 0.125 e. The second-order valence-corrected chi connectivity index (χ2v) is 6.38. The standard InChI is InChI=1S/C15H23BrN2O/c1-3-10(2)6-14(18-17)9-12-8-13(16)7-11-4-5-19-15(11)12/h7-8,10,14,18H,3-6,9,17H2,1-2H3. The van der Waals surface area contributed by atoms with E-state index in [-0.39, 0.29) is 0 Å². The van der Waals surface area contributed by atoms with Gasteiger partial charge < -0.3 is 4.74 Å². The molecule has 106 valence electrons. The van der Waals surface area contributed by atoms with Crippen molar-refractivity contribution in [2.75, 3.05) is 6.61 Å². The van der Waals surface area contributed by atoms with E-state index in [2.05, 4.69) is 47.3 Å². The lowest BCUT2D eigenvalue weighted by atomic mass is 9.94. The van der Waals surface area contributed by atoms with Crippen molar-refractivity contribution >= 4 is 15.9 Å². The maximum absolute atomic E-state index is 5.77. The summed E-state index contributed by atoms with van der Waals surface area (Å²) in [5.41, 5.74) is 5.52. The van der Waals surface area contributed by atoms with Crippen molar-refractivity contribution < 1.29 is 4.74 Å². The van der Waals surface area contributed by atoms with Gasteiger partial charge in [0.15, 0.2) is 0 Å². The van der Waals surface area contributed by atoms with Gasteiger partial charge in [0.05, 0.1) is 6.61 Å². The van der Waals surface area contributed by atoms with E-state index in [1.807, 2.05) is 0 Å². The number of hydrazine groups is 1. The zero-order chi connectivity index (χ0) is 13.8. The summed E-state index contributed by atoms with van der Waals surface area (Å²) in [6, 6.07) is 4.62.